The number of anilines is 1. The fourth-order valence-corrected chi connectivity index (χ4v) is 3.52. The second kappa shape index (κ2) is 8.75. The molecular formula is C21H22N2O4S. The number of thiazole rings is 1. The van der Waals surface area contributed by atoms with Gasteiger partial charge in [0.1, 0.15) is 5.75 Å². The Labute approximate surface area is 168 Å². The molecule has 6 nitrogen and oxygen atoms in total. The molecular weight excluding hydrogens is 376 g/mol. The Morgan fingerprint density at radius 1 is 1.04 bits per heavy atom. The van der Waals surface area contributed by atoms with Gasteiger partial charge in [-0.15, -0.1) is 11.3 Å². The number of benzene rings is 2. The maximum atomic E-state index is 12.2. The van der Waals surface area contributed by atoms with Gasteiger partial charge in [0.25, 0.3) is 5.91 Å². The summed E-state index contributed by atoms with van der Waals surface area (Å²) >= 11 is 1.35. The standard InChI is InChI=1S/C21H22N2O4S/c1-13-7-14(2)9-16(8-13)27-11-20(24)23-21-22-17(12-28-21)15-5-6-18(25-3)19(10-15)26-4/h5-10,12H,11H2,1-4H3,(H,22,23,24). The largest absolute Gasteiger partial charge is 0.493 e. The van der Waals surface area contributed by atoms with Gasteiger partial charge in [-0.05, 0) is 55.3 Å². The van der Waals surface area contributed by atoms with E-state index in [1.165, 1.54) is 11.3 Å². The number of nitrogens with one attached hydrogen (secondary N) is 1. The summed E-state index contributed by atoms with van der Waals surface area (Å²) < 4.78 is 16.2. The molecule has 0 spiro atoms. The van der Waals surface area contributed by atoms with E-state index in [2.05, 4.69) is 16.4 Å². The molecule has 28 heavy (non-hydrogen) atoms. The smallest absolute Gasteiger partial charge is 0.264 e. The molecule has 0 aliphatic carbocycles. The van der Waals surface area contributed by atoms with Gasteiger partial charge in [-0.3, -0.25) is 10.1 Å². The molecule has 3 aromatic rings. The second-order valence-electron chi connectivity index (χ2n) is 6.27. The van der Waals surface area contributed by atoms with Crippen LogP contribution < -0.4 is 19.5 Å². The topological polar surface area (TPSA) is 69.7 Å². The van der Waals surface area contributed by atoms with Crippen molar-refractivity contribution >= 4 is 22.4 Å². The maximum absolute atomic E-state index is 12.2. The number of carbonyl (C=O) groups is 1. The lowest BCUT2D eigenvalue weighted by atomic mass is 10.1. The Kier molecular flexibility index (Phi) is 6.16. The molecule has 0 radical (unpaired) electrons. The van der Waals surface area contributed by atoms with E-state index in [9.17, 15) is 4.79 Å². The third-order valence-corrected chi connectivity index (χ3v) is 4.75. The van der Waals surface area contributed by atoms with Crippen LogP contribution in [-0.2, 0) is 4.79 Å². The van der Waals surface area contributed by atoms with E-state index in [-0.39, 0.29) is 12.5 Å². The van der Waals surface area contributed by atoms with Crippen molar-refractivity contribution in [1.29, 1.82) is 0 Å². The number of aromatic nitrogens is 1. The molecule has 1 N–H and O–H groups in total. The number of hydrogen-bond donors (Lipinski definition) is 1. The minimum atomic E-state index is -0.257. The average molecular weight is 398 g/mol. The zero-order chi connectivity index (χ0) is 20.1. The fourth-order valence-electron chi connectivity index (χ4n) is 2.78. The molecule has 0 fully saturated rings. The predicted molar refractivity (Wildman–Crippen MR) is 111 cm³/mol. The first-order valence-electron chi connectivity index (χ1n) is 8.67. The number of rotatable bonds is 7. The first-order valence-corrected chi connectivity index (χ1v) is 9.55. The highest BCUT2D eigenvalue weighted by Crippen LogP contribution is 2.33. The third kappa shape index (κ3) is 4.80. The zero-order valence-corrected chi connectivity index (χ0v) is 17.1. The Morgan fingerprint density at radius 2 is 1.75 bits per heavy atom. The lowest BCUT2D eigenvalue weighted by Crippen LogP contribution is -2.20. The molecule has 146 valence electrons. The summed E-state index contributed by atoms with van der Waals surface area (Å²) in [5.41, 5.74) is 3.81. The Bertz CT molecular complexity index is 964. The molecule has 0 aliphatic rings. The van der Waals surface area contributed by atoms with Crippen molar-refractivity contribution in [2.24, 2.45) is 0 Å². The van der Waals surface area contributed by atoms with Crippen LogP contribution in [0.15, 0.2) is 41.8 Å². The third-order valence-electron chi connectivity index (χ3n) is 3.99. The summed E-state index contributed by atoms with van der Waals surface area (Å²) in [5.74, 6) is 1.70. The van der Waals surface area contributed by atoms with E-state index >= 15 is 0 Å². The summed E-state index contributed by atoms with van der Waals surface area (Å²) in [6, 6.07) is 11.4. The molecule has 0 saturated heterocycles. The SMILES string of the molecule is COc1ccc(-c2csc(NC(=O)COc3cc(C)cc(C)c3)n2)cc1OC. The minimum absolute atomic E-state index is 0.0752. The Hall–Kier alpha value is -3.06. The summed E-state index contributed by atoms with van der Waals surface area (Å²) in [6.45, 7) is 3.91. The molecule has 0 unspecified atom stereocenters. The zero-order valence-electron chi connectivity index (χ0n) is 16.2. The minimum Gasteiger partial charge on any atom is -0.493 e. The quantitative estimate of drug-likeness (QED) is 0.636. The summed E-state index contributed by atoms with van der Waals surface area (Å²) in [5, 5.41) is 5.16. The number of hydrogen-bond acceptors (Lipinski definition) is 6. The van der Waals surface area contributed by atoms with Gasteiger partial charge >= 0.3 is 0 Å². The van der Waals surface area contributed by atoms with Crippen LogP contribution in [0.3, 0.4) is 0 Å². The predicted octanol–water partition coefficient (Wildman–Crippen LogP) is 4.46. The lowest BCUT2D eigenvalue weighted by Gasteiger charge is -2.08. The number of aryl methyl sites for hydroxylation is 2. The highest BCUT2D eigenvalue weighted by atomic mass is 32.1. The molecule has 0 saturated carbocycles. The maximum Gasteiger partial charge on any atom is 0.264 e. The monoisotopic (exact) mass is 398 g/mol. The van der Waals surface area contributed by atoms with Crippen molar-refractivity contribution in [2.45, 2.75) is 13.8 Å². The van der Waals surface area contributed by atoms with E-state index in [4.69, 9.17) is 14.2 Å². The van der Waals surface area contributed by atoms with Gasteiger partial charge in [0.15, 0.2) is 23.2 Å². The molecule has 0 atom stereocenters. The summed E-state index contributed by atoms with van der Waals surface area (Å²) in [4.78, 5) is 16.6. The lowest BCUT2D eigenvalue weighted by molar-refractivity contribution is -0.118. The van der Waals surface area contributed by atoms with Crippen LogP contribution >= 0.6 is 11.3 Å². The first kappa shape index (κ1) is 19.7. The highest BCUT2D eigenvalue weighted by molar-refractivity contribution is 7.14. The van der Waals surface area contributed by atoms with Crippen LogP contribution in [0, 0.1) is 13.8 Å². The van der Waals surface area contributed by atoms with Crippen molar-refractivity contribution in [3.05, 3.63) is 52.9 Å². The molecule has 3 rings (SSSR count). The number of ether oxygens (including phenoxy) is 3. The van der Waals surface area contributed by atoms with Gasteiger partial charge in [0.05, 0.1) is 19.9 Å². The number of amides is 1. The normalized spacial score (nSPS) is 10.4. The van der Waals surface area contributed by atoms with Gasteiger partial charge in [-0.1, -0.05) is 6.07 Å². The number of carbonyl (C=O) groups excluding carboxylic acids is 1. The van der Waals surface area contributed by atoms with Crippen molar-refractivity contribution in [1.82, 2.24) is 4.98 Å². The van der Waals surface area contributed by atoms with Crippen LogP contribution in [-0.4, -0.2) is 31.7 Å². The Morgan fingerprint density at radius 3 is 2.43 bits per heavy atom. The summed E-state index contributed by atoms with van der Waals surface area (Å²) in [6.07, 6.45) is 0. The van der Waals surface area contributed by atoms with Gasteiger partial charge in [-0.25, -0.2) is 4.98 Å². The van der Waals surface area contributed by atoms with E-state index in [0.29, 0.717) is 22.4 Å². The van der Waals surface area contributed by atoms with Crippen LogP contribution in [0.5, 0.6) is 17.2 Å². The highest BCUT2D eigenvalue weighted by Gasteiger charge is 2.11. The Balaban J connectivity index is 1.63. The van der Waals surface area contributed by atoms with E-state index in [0.717, 1.165) is 22.4 Å². The van der Waals surface area contributed by atoms with E-state index < -0.39 is 0 Å². The fraction of sp³-hybridized carbons (Fsp3) is 0.238. The van der Waals surface area contributed by atoms with Crippen molar-refractivity contribution in [2.75, 3.05) is 26.1 Å². The van der Waals surface area contributed by atoms with Crippen molar-refractivity contribution in [3.63, 3.8) is 0 Å². The molecule has 0 bridgehead atoms. The molecule has 2 aromatic carbocycles. The summed E-state index contributed by atoms with van der Waals surface area (Å²) in [7, 11) is 3.18. The van der Waals surface area contributed by atoms with Gasteiger partial charge < -0.3 is 14.2 Å². The first-order chi connectivity index (χ1) is 13.5. The van der Waals surface area contributed by atoms with Crippen LogP contribution in [0.2, 0.25) is 0 Å². The number of nitrogens with zero attached hydrogens (tertiary/aromatic N) is 1. The van der Waals surface area contributed by atoms with Crippen LogP contribution in [0.25, 0.3) is 11.3 Å². The molecule has 1 aromatic heterocycles. The van der Waals surface area contributed by atoms with Gasteiger partial charge in [-0.2, -0.15) is 0 Å². The van der Waals surface area contributed by atoms with Gasteiger partial charge in [0.2, 0.25) is 0 Å². The van der Waals surface area contributed by atoms with E-state index in [1.807, 2.05) is 49.6 Å². The molecule has 7 heteroatoms. The second-order valence-corrected chi connectivity index (χ2v) is 7.13. The number of methoxy groups -OCH3 is 2. The van der Waals surface area contributed by atoms with Gasteiger partial charge in [0, 0.05) is 10.9 Å². The van der Waals surface area contributed by atoms with Crippen LogP contribution in [0.4, 0.5) is 5.13 Å². The molecule has 0 aliphatic heterocycles. The van der Waals surface area contributed by atoms with Crippen molar-refractivity contribution in [3.8, 4) is 28.5 Å². The molecule has 1 heterocycles. The van der Waals surface area contributed by atoms with Crippen LogP contribution in [0.1, 0.15) is 11.1 Å². The molecule has 1 amide bonds. The van der Waals surface area contributed by atoms with E-state index in [1.54, 1.807) is 14.2 Å². The average Bonchev–Trinajstić information content (AvgIpc) is 3.13. The van der Waals surface area contributed by atoms with Crippen molar-refractivity contribution < 1.29 is 19.0 Å².